The molecule has 1 aliphatic rings. The van der Waals surface area contributed by atoms with Crippen molar-refractivity contribution in [3.8, 4) is 0 Å². The molecule has 0 saturated carbocycles. The molecule has 0 radical (unpaired) electrons. The van der Waals surface area contributed by atoms with Gasteiger partial charge in [-0.15, -0.1) is 0 Å². The Kier molecular flexibility index (Phi) is 7.39. The van der Waals surface area contributed by atoms with E-state index in [0.29, 0.717) is 45.6 Å². The lowest BCUT2D eigenvalue weighted by Gasteiger charge is -2.23. The minimum atomic E-state index is -0.606. The summed E-state index contributed by atoms with van der Waals surface area (Å²) in [6.45, 7) is 7.22. The van der Waals surface area contributed by atoms with Gasteiger partial charge in [-0.3, -0.25) is 28.8 Å². The van der Waals surface area contributed by atoms with Crippen LogP contribution in [0.25, 0.3) is 0 Å². The molecule has 0 aliphatic heterocycles. The first-order valence-electron chi connectivity index (χ1n) is 13.7. The molecule has 0 fully saturated rings. The summed E-state index contributed by atoms with van der Waals surface area (Å²) in [6.07, 6.45) is 1.59. The average molecular weight is 561 g/mol. The Balaban J connectivity index is 0.000000189. The highest BCUT2D eigenvalue weighted by atomic mass is 16.2. The van der Waals surface area contributed by atoms with E-state index in [2.05, 4.69) is 17.6 Å². The van der Waals surface area contributed by atoms with E-state index in [4.69, 9.17) is 0 Å². The molecule has 210 valence electrons. The van der Waals surface area contributed by atoms with Gasteiger partial charge in [-0.1, -0.05) is 56.3 Å². The quantitative estimate of drug-likeness (QED) is 0.284. The maximum absolute atomic E-state index is 13.1. The van der Waals surface area contributed by atoms with Crippen molar-refractivity contribution in [3.05, 3.63) is 146 Å². The van der Waals surface area contributed by atoms with Crippen LogP contribution < -0.4 is 32.3 Å². The summed E-state index contributed by atoms with van der Waals surface area (Å²) in [5.41, 5.74) is 4.13. The molecular formula is C34H28N2O6. The molecule has 0 amide bonds. The summed E-state index contributed by atoms with van der Waals surface area (Å²) < 4.78 is 0. The lowest BCUT2D eigenvalue weighted by Crippen LogP contribution is -2.36. The van der Waals surface area contributed by atoms with Crippen LogP contribution in [-0.4, -0.2) is 11.6 Å². The van der Waals surface area contributed by atoms with Gasteiger partial charge in [0.25, 0.3) is 0 Å². The van der Waals surface area contributed by atoms with E-state index in [1.165, 1.54) is 5.56 Å². The van der Waals surface area contributed by atoms with Gasteiger partial charge in [0.2, 0.25) is 21.7 Å². The van der Waals surface area contributed by atoms with Gasteiger partial charge in [-0.25, -0.2) is 0 Å². The van der Waals surface area contributed by atoms with E-state index in [-0.39, 0.29) is 28.2 Å². The van der Waals surface area contributed by atoms with Gasteiger partial charge in [0.1, 0.15) is 0 Å². The van der Waals surface area contributed by atoms with Crippen LogP contribution in [0.2, 0.25) is 0 Å². The molecule has 0 spiro atoms. The number of ketones is 2. The van der Waals surface area contributed by atoms with Crippen LogP contribution in [-0.2, 0) is 12.8 Å². The Morgan fingerprint density at radius 1 is 0.548 bits per heavy atom. The van der Waals surface area contributed by atoms with Gasteiger partial charge in [0.15, 0.2) is 11.6 Å². The maximum atomic E-state index is 13.1. The normalized spacial score (nSPS) is 12.0. The molecule has 5 aromatic carbocycles. The number of anilines is 4. The molecule has 2 N–H and O–H groups in total. The first kappa shape index (κ1) is 28.3. The van der Waals surface area contributed by atoms with E-state index in [9.17, 15) is 28.8 Å². The second-order valence-electron chi connectivity index (χ2n) is 10.2. The van der Waals surface area contributed by atoms with Crippen LogP contribution in [0.15, 0.2) is 79.8 Å². The molecule has 8 nitrogen and oxygen atoms in total. The van der Waals surface area contributed by atoms with Crippen LogP contribution in [0, 0.1) is 13.8 Å². The summed E-state index contributed by atoms with van der Waals surface area (Å²) in [5, 5.41) is 5.87. The second-order valence-corrected chi connectivity index (χ2v) is 10.2. The van der Waals surface area contributed by atoms with Crippen LogP contribution >= 0.6 is 0 Å². The third-order valence-electron chi connectivity index (χ3n) is 7.73. The molecule has 1 aliphatic carbocycles. The van der Waals surface area contributed by atoms with Crippen molar-refractivity contribution in [1.29, 1.82) is 0 Å². The molecule has 0 saturated heterocycles. The number of nitrogens with one attached hydrogen (secondary N) is 2. The fourth-order valence-electron chi connectivity index (χ4n) is 5.10. The molecular weight excluding hydrogens is 532 g/mol. The molecule has 6 rings (SSSR count). The molecule has 0 aromatic heterocycles. The van der Waals surface area contributed by atoms with E-state index < -0.39 is 16.3 Å². The Labute approximate surface area is 241 Å². The minimum Gasteiger partial charge on any atom is -0.352 e. The molecule has 5 aromatic rings. The third kappa shape index (κ3) is 4.60. The van der Waals surface area contributed by atoms with Crippen LogP contribution in [0.5, 0.6) is 0 Å². The van der Waals surface area contributed by atoms with E-state index in [0.717, 1.165) is 17.7 Å². The number of fused-ring (bicyclic) bond motifs is 2. The van der Waals surface area contributed by atoms with Gasteiger partial charge >= 0.3 is 0 Å². The third-order valence-corrected chi connectivity index (χ3v) is 7.73. The van der Waals surface area contributed by atoms with E-state index in [1.54, 1.807) is 50.2 Å². The second kappa shape index (κ2) is 11.0. The first-order valence-corrected chi connectivity index (χ1v) is 13.7. The van der Waals surface area contributed by atoms with Crippen molar-refractivity contribution in [2.24, 2.45) is 0 Å². The molecule has 0 bridgehead atoms. The van der Waals surface area contributed by atoms with Gasteiger partial charge in [-0.2, -0.15) is 0 Å². The Morgan fingerprint density at radius 3 is 1.57 bits per heavy atom. The highest BCUT2D eigenvalue weighted by Crippen LogP contribution is 2.35. The summed E-state index contributed by atoms with van der Waals surface area (Å²) >= 11 is 0. The Hall–Kier alpha value is -5.24. The largest absolute Gasteiger partial charge is 0.352 e. The van der Waals surface area contributed by atoms with Crippen LogP contribution in [0.1, 0.15) is 67.9 Å². The van der Waals surface area contributed by atoms with Crippen LogP contribution in [0.4, 0.5) is 22.7 Å². The predicted molar refractivity (Wildman–Crippen MR) is 164 cm³/mol. The fraction of sp³-hybridized carbons (Fsp3) is 0.176. The number of aryl methyl sites for hydroxylation is 2. The van der Waals surface area contributed by atoms with E-state index in [1.807, 2.05) is 31.2 Å². The molecule has 0 heterocycles. The number of rotatable bonds is 6. The molecule has 0 unspecified atom stereocenters. The topological polar surface area (TPSA) is 126 Å². The lowest BCUT2D eigenvalue weighted by atomic mass is 9.80. The van der Waals surface area contributed by atoms with Gasteiger partial charge in [0.05, 0.1) is 22.6 Å². The Morgan fingerprint density at radius 2 is 1.07 bits per heavy atom. The molecule has 8 heteroatoms. The van der Waals surface area contributed by atoms with Crippen molar-refractivity contribution >= 4 is 34.3 Å². The van der Waals surface area contributed by atoms with Crippen molar-refractivity contribution < 1.29 is 9.59 Å². The number of benzene rings is 3. The minimum absolute atomic E-state index is 0.181. The maximum Gasteiger partial charge on any atom is 0.249 e. The summed E-state index contributed by atoms with van der Waals surface area (Å²) in [4.78, 5) is 71.6. The van der Waals surface area contributed by atoms with Crippen molar-refractivity contribution in [2.75, 3.05) is 10.6 Å². The molecule has 42 heavy (non-hydrogen) atoms. The standard InChI is InChI=1S/C21H15NO4.C13H13NO2/c1-3-11-8-9-14(22-17-10(2)18(23)21(17)26)16-15(11)19(24)12-6-4-5-7-13(12)20(16)25;1-3-9-4-6-10(7-5-9)14-11-8(2)12(15)13(11)16/h4-9,22H,3H2,1-2H3;4-7,14H,3H2,1-2H3. The summed E-state index contributed by atoms with van der Waals surface area (Å²) in [6, 6.07) is 18.0. The van der Waals surface area contributed by atoms with Crippen molar-refractivity contribution in [1.82, 2.24) is 0 Å². The molecule has 0 atom stereocenters. The highest BCUT2D eigenvalue weighted by Gasteiger charge is 2.34. The van der Waals surface area contributed by atoms with E-state index >= 15 is 0 Å². The number of carbonyl (C=O) groups is 2. The summed E-state index contributed by atoms with van der Waals surface area (Å²) in [7, 11) is 0. The van der Waals surface area contributed by atoms with Gasteiger partial charge in [-0.05, 0) is 56.0 Å². The highest BCUT2D eigenvalue weighted by molar-refractivity contribution is 6.30. The number of carbonyl (C=O) groups excluding carboxylic acids is 2. The van der Waals surface area contributed by atoms with Gasteiger partial charge in [0, 0.05) is 33.5 Å². The van der Waals surface area contributed by atoms with Crippen LogP contribution in [0.3, 0.4) is 0 Å². The Bertz CT molecular complexity index is 2040. The smallest absolute Gasteiger partial charge is 0.249 e. The zero-order valence-corrected chi connectivity index (χ0v) is 23.6. The zero-order valence-electron chi connectivity index (χ0n) is 23.6. The zero-order chi connectivity index (χ0) is 30.3. The SMILES string of the molecule is CCc1ccc(Nc2c(C)c(=O)c2=O)c2c1C(=O)c1ccccc1C2=O.CCc1ccc(Nc2c(C)c(=O)c2=O)cc1. The first-order chi connectivity index (χ1) is 20.1. The van der Waals surface area contributed by atoms with Crippen molar-refractivity contribution in [2.45, 2.75) is 40.5 Å². The fourth-order valence-corrected chi connectivity index (χ4v) is 5.10. The lowest BCUT2D eigenvalue weighted by molar-refractivity contribution is 0.0979. The average Bonchev–Trinajstić information content (AvgIpc) is 3.04. The summed E-state index contributed by atoms with van der Waals surface area (Å²) in [5.74, 6) is -0.457. The number of hydrogen-bond donors (Lipinski definition) is 2. The van der Waals surface area contributed by atoms with Crippen molar-refractivity contribution in [3.63, 3.8) is 0 Å². The predicted octanol–water partition coefficient (Wildman–Crippen LogP) is 4.57. The number of hydrogen-bond acceptors (Lipinski definition) is 8. The monoisotopic (exact) mass is 560 g/mol. The van der Waals surface area contributed by atoms with Gasteiger partial charge < -0.3 is 10.6 Å².